The molecule has 0 heterocycles. The van der Waals surface area contributed by atoms with Crippen LogP contribution in [-0.2, 0) is 4.79 Å². The fourth-order valence-corrected chi connectivity index (χ4v) is 2.10. The molecular formula is C15H24N2O2. The summed E-state index contributed by atoms with van der Waals surface area (Å²) in [6.07, 6.45) is 0. The van der Waals surface area contributed by atoms with E-state index >= 15 is 0 Å². The van der Waals surface area contributed by atoms with Gasteiger partial charge in [-0.2, -0.15) is 0 Å². The predicted octanol–water partition coefficient (Wildman–Crippen LogP) is 2.25. The first-order valence-corrected chi connectivity index (χ1v) is 6.77. The number of para-hydroxylation sites is 1. The Morgan fingerprint density at radius 1 is 1.26 bits per heavy atom. The summed E-state index contributed by atoms with van der Waals surface area (Å²) in [4.78, 5) is 15.8. The van der Waals surface area contributed by atoms with Gasteiger partial charge in [-0.3, -0.25) is 9.69 Å². The van der Waals surface area contributed by atoms with Crippen molar-refractivity contribution in [3.05, 3.63) is 29.8 Å². The zero-order valence-electron chi connectivity index (χ0n) is 12.3. The molecule has 0 saturated heterocycles. The van der Waals surface area contributed by atoms with Gasteiger partial charge in [0, 0.05) is 24.7 Å². The lowest BCUT2D eigenvalue weighted by Crippen LogP contribution is -2.39. The number of amides is 1. The molecule has 1 aromatic carbocycles. The molecule has 0 aliphatic heterocycles. The first kappa shape index (κ1) is 15.5. The summed E-state index contributed by atoms with van der Waals surface area (Å²) in [6, 6.07) is 7.25. The van der Waals surface area contributed by atoms with Gasteiger partial charge < -0.3 is 10.0 Å². The van der Waals surface area contributed by atoms with Crippen LogP contribution >= 0.6 is 0 Å². The van der Waals surface area contributed by atoms with Crippen molar-refractivity contribution in [2.75, 3.05) is 26.7 Å². The monoisotopic (exact) mass is 264 g/mol. The number of hydrogen-bond acceptors (Lipinski definition) is 3. The highest BCUT2D eigenvalue weighted by molar-refractivity contribution is 5.78. The third-order valence-corrected chi connectivity index (χ3v) is 3.55. The SMILES string of the molecule is CCN(CC)C(=O)CN(C)C(C)c1ccccc1O. The van der Waals surface area contributed by atoms with Crippen molar-refractivity contribution in [3.63, 3.8) is 0 Å². The van der Waals surface area contributed by atoms with Gasteiger partial charge in [0.15, 0.2) is 0 Å². The summed E-state index contributed by atoms with van der Waals surface area (Å²) < 4.78 is 0. The number of carbonyl (C=O) groups excluding carboxylic acids is 1. The summed E-state index contributed by atoms with van der Waals surface area (Å²) in [7, 11) is 1.90. The Morgan fingerprint density at radius 3 is 2.37 bits per heavy atom. The lowest BCUT2D eigenvalue weighted by atomic mass is 10.1. The number of phenolic OH excluding ortho intramolecular Hbond substituents is 1. The topological polar surface area (TPSA) is 43.8 Å². The van der Waals surface area contributed by atoms with Gasteiger partial charge >= 0.3 is 0 Å². The van der Waals surface area contributed by atoms with Crippen LogP contribution in [0.5, 0.6) is 5.75 Å². The Morgan fingerprint density at radius 2 is 1.84 bits per heavy atom. The second kappa shape index (κ2) is 7.14. The van der Waals surface area contributed by atoms with Crippen LogP contribution in [0.25, 0.3) is 0 Å². The van der Waals surface area contributed by atoms with Crippen molar-refractivity contribution in [3.8, 4) is 5.75 Å². The van der Waals surface area contributed by atoms with Crippen LogP contribution in [-0.4, -0.2) is 47.5 Å². The summed E-state index contributed by atoms with van der Waals surface area (Å²) in [5.74, 6) is 0.395. The molecule has 1 amide bonds. The van der Waals surface area contributed by atoms with Crippen LogP contribution < -0.4 is 0 Å². The number of aromatic hydroxyl groups is 1. The maximum Gasteiger partial charge on any atom is 0.236 e. The first-order valence-electron chi connectivity index (χ1n) is 6.77. The van der Waals surface area contributed by atoms with Gasteiger partial charge in [-0.25, -0.2) is 0 Å². The smallest absolute Gasteiger partial charge is 0.236 e. The first-order chi connectivity index (χ1) is 9.01. The van der Waals surface area contributed by atoms with Crippen molar-refractivity contribution in [1.29, 1.82) is 0 Å². The third-order valence-electron chi connectivity index (χ3n) is 3.55. The molecule has 19 heavy (non-hydrogen) atoms. The highest BCUT2D eigenvalue weighted by Gasteiger charge is 2.19. The van der Waals surface area contributed by atoms with E-state index in [0.717, 1.165) is 18.7 Å². The fraction of sp³-hybridized carbons (Fsp3) is 0.533. The van der Waals surface area contributed by atoms with Gasteiger partial charge in [0.05, 0.1) is 6.54 Å². The minimum Gasteiger partial charge on any atom is -0.508 e. The standard InChI is InChI=1S/C15H24N2O2/c1-5-17(6-2)15(19)11-16(4)12(3)13-9-7-8-10-14(13)18/h7-10,12,18H,5-6,11H2,1-4H3. The van der Waals surface area contributed by atoms with E-state index in [9.17, 15) is 9.90 Å². The van der Waals surface area contributed by atoms with Crippen molar-refractivity contribution >= 4 is 5.91 Å². The molecule has 0 bridgehead atoms. The molecule has 1 N–H and O–H groups in total. The molecule has 1 atom stereocenters. The molecular weight excluding hydrogens is 240 g/mol. The number of likely N-dealkylation sites (N-methyl/N-ethyl adjacent to an activating group) is 2. The molecule has 0 fully saturated rings. The molecule has 0 radical (unpaired) electrons. The highest BCUT2D eigenvalue weighted by Crippen LogP contribution is 2.26. The van der Waals surface area contributed by atoms with E-state index < -0.39 is 0 Å². The zero-order valence-corrected chi connectivity index (χ0v) is 12.3. The fourth-order valence-electron chi connectivity index (χ4n) is 2.10. The summed E-state index contributed by atoms with van der Waals surface area (Å²) in [5.41, 5.74) is 0.845. The average molecular weight is 264 g/mol. The minimum absolute atomic E-state index is 0.000659. The van der Waals surface area contributed by atoms with E-state index in [1.807, 2.05) is 49.8 Å². The van der Waals surface area contributed by atoms with Crippen molar-refractivity contribution in [2.45, 2.75) is 26.8 Å². The van der Waals surface area contributed by atoms with Crippen LogP contribution in [0.15, 0.2) is 24.3 Å². The van der Waals surface area contributed by atoms with Crippen molar-refractivity contribution in [1.82, 2.24) is 9.80 Å². The number of benzene rings is 1. The van der Waals surface area contributed by atoms with Gasteiger partial charge in [-0.05, 0) is 33.9 Å². The number of hydrogen-bond donors (Lipinski definition) is 1. The molecule has 1 unspecified atom stereocenters. The van der Waals surface area contributed by atoms with Crippen molar-refractivity contribution < 1.29 is 9.90 Å². The number of phenols is 1. The molecule has 1 rings (SSSR count). The Labute approximate surface area is 115 Å². The molecule has 0 spiro atoms. The van der Waals surface area contributed by atoms with Gasteiger partial charge in [-0.15, -0.1) is 0 Å². The van der Waals surface area contributed by atoms with Crippen LogP contribution in [0.3, 0.4) is 0 Å². The second-order valence-electron chi connectivity index (χ2n) is 4.72. The largest absolute Gasteiger partial charge is 0.508 e. The Bertz CT molecular complexity index is 416. The normalized spacial score (nSPS) is 12.5. The van der Waals surface area contributed by atoms with Gasteiger partial charge in [0.2, 0.25) is 5.91 Å². The molecule has 4 nitrogen and oxygen atoms in total. The van der Waals surface area contributed by atoms with E-state index in [1.165, 1.54) is 0 Å². The Balaban J connectivity index is 2.70. The highest BCUT2D eigenvalue weighted by atomic mass is 16.3. The minimum atomic E-state index is 0.000659. The van der Waals surface area contributed by atoms with E-state index in [1.54, 1.807) is 12.1 Å². The number of carbonyl (C=O) groups is 1. The van der Waals surface area contributed by atoms with Gasteiger partial charge in [-0.1, -0.05) is 18.2 Å². The molecule has 0 aliphatic carbocycles. The molecule has 1 aromatic rings. The number of rotatable bonds is 6. The Hall–Kier alpha value is -1.55. The van der Waals surface area contributed by atoms with Crippen LogP contribution in [0.1, 0.15) is 32.4 Å². The van der Waals surface area contributed by atoms with Crippen LogP contribution in [0.4, 0.5) is 0 Å². The lowest BCUT2D eigenvalue weighted by Gasteiger charge is -2.28. The molecule has 0 aliphatic rings. The van der Waals surface area contributed by atoms with E-state index in [4.69, 9.17) is 0 Å². The summed E-state index contributed by atoms with van der Waals surface area (Å²) in [5, 5.41) is 9.84. The van der Waals surface area contributed by atoms with Crippen LogP contribution in [0.2, 0.25) is 0 Å². The van der Waals surface area contributed by atoms with Crippen LogP contribution in [0, 0.1) is 0 Å². The summed E-state index contributed by atoms with van der Waals surface area (Å²) >= 11 is 0. The number of nitrogens with zero attached hydrogens (tertiary/aromatic N) is 2. The predicted molar refractivity (Wildman–Crippen MR) is 77.1 cm³/mol. The lowest BCUT2D eigenvalue weighted by molar-refractivity contribution is -0.132. The average Bonchev–Trinajstić information content (AvgIpc) is 2.39. The Kier molecular flexibility index (Phi) is 5.83. The molecule has 106 valence electrons. The van der Waals surface area contributed by atoms with Gasteiger partial charge in [0.1, 0.15) is 5.75 Å². The zero-order chi connectivity index (χ0) is 14.4. The van der Waals surface area contributed by atoms with Gasteiger partial charge in [0.25, 0.3) is 0 Å². The maximum atomic E-state index is 12.1. The third kappa shape index (κ3) is 3.96. The van der Waals surface area contributed by atoms with E-state index in [-0.39, 0.29) is 17.7 Å². The second-order valence-corrected chi connectivity index (χ2v) is 4.72. The summed E-state index contributed by atoms with van der Waals surface area (Å²) in [6.45, 7) is 7.77. The molecule has 4 heteroatoms. The maximum absolute atomic E-state index is 12.1. The van der Waals surface area contributed by atoms with Crippen molar-refractivity contribution in [2.24, 2.45) is 0 Å². The van der Waals surface area contributed by atoms with E-state index in [0.29, 0.717) is 6.54 Å². The molecule has 0 saturated carbocycles. The van der Waals surface area contributed by atoms with E-state index in [2.05, 4.69) is 0 Å². The molecule has 0 aromatic heterocycles. The quantitative estimate of drug-likeness (QED) is 0.857.